The van der Waals surface area contributed by atoms with E-state index < -0.39 is 0 Å². The molecule has 132 valence electrons. The first-order valence-electron chi connectivity index (χ1n) is 8.18. The lowest BCUT2D eigenvalue weighted by atomic mass is 10.1. The summed E-state index contributed by atoms with van der Waals surface area (Å²) in [6.45, 7) is 4.39. The minimum absolute atomic E-state index is 0.150. The van der Waals surface area contributed by atoms with E-state index >= 15 is 0 Å². The van der Waals surface area contributed by atoms with Crippen molar-refractivity contribution in [2.24, 2.45) is 0 Å². The zero-order valence-electron chi connectivity index (χ0n) is 14.1. The number of carbonyl (C=O) groups excluding carboxylic acids is 2. The Balaban J connectivity index is 1.82. The Morgan fingerprint density at radius 1 is 1.20 bits per heavy atom. The van der Waals surface area contributed by atoms with Gasteiger partial charge in [0.2, 0.25) is 5.91 Å². The predicted octanol–water partition coefficient (Wildman–Crippen LogP) is 2.00. The van der Waals surface area contributed by atoms with Gasteiger partial charge < -0.3 is 24.7 Å². The lowest BCUT2D eigenvalue weighted by molar-refractivity contribution is -0.114. The van der Waals surface area contributed by atoms with Crippen molar-refractivity contribution in [2.75, 3.05) is 36.5 Å². The summed E-state index contributed by atoms with van der Waals surface area (Å²) in [5.41, 5.74) is 2.01. The second kappa shape index (κ2) is 7.85. The van der Waals surface area contributed by atoms with E-state index in [-0.39, 0.29) is 11.8 Å². The van der Waals surface area contributed by atoms with E-state index in [1.54, 1.807) is 24.5 Å². The van der Waals surface area contributed by atoms with Crippen LogP contribution >= 0.6 is 0 Å². The molecule has 3 rings (SSSR count). The van der Waals surface area contributed by atoms with Crippen LogP contribution < -0.4 is 15.5 Å². The average molecular weight is 343 g/mol. The Morgan fingerprint density at radius 3 is 2.68 bits per heavy atom. The van der Waals surface area contributed by atoms with Gasteiger partial charge in [0.15, 0.2) is 0 Å². The molecule has 0 bridgehead atoms. The number of nitrogens with zero attached hydrogens (tertiary/aromatic N) is 1. The summed E-state index contributed by atoms with van der Waals surface area (Å²) in [4.78, 5) is 26.1. The third kappa shape index (κ3) is 4.39. The van der Waals surface area contributed by atoms with Crippen LogP contribution in [0.5, 0.6) is 0 Å². The number of rotatable bonds is 5. The highest BCUT2D eigenvalue weighted by Crippen LogP contribution is 2.26. The molecule has 1 aliphatic heterocycles. The highest BCUT2D eigenvalue weighted by molar-refractivity contribution is 6.01. The zero-order valence-corrected chi connectivity index (χ0v) is 14.1. The number of amides is 2. The topological polar surface area (TPSA) is 83.8 Å². The van der Waals surface area contributed by atoms with Gasteiger partial charge in [-0.2, -0.15) is 0 Å². The van der Waals surface area contributed by atoms with Crippen LogP contribution in [0.4, 0.5) is 11.4 Å². The molecule has 1 aliphatic rings. The first kappa shape index (κ1) is 17.0. The van der Waals surface area contributed by atoms with Gasteiger partial charge >= 0.3 is 0 Å². The number of anilines is 2. The second-order valence-electron chi connectivity index (χ2n) is 5.77. The summed E-state index contributed by atoms with van der Waals surface area (Å²) in [5.74, 6) is 0.353. The highest BCUT2D eigenvalue weighted by Gasteiger charge is 2.20. The number of hydrogen-bond donors (Lipinski definition) is 2. The van der Waals surface area contributed by atoms with Crippen molar-refractivity contribution in [3.8, 4) is 0 Å². The van der Waals surface area contributed by atoms with Gasteiger partial charge in [-0.25, -0.2) is 0 Å². The Bertz CT molecular complexity index is 737. The van der Waals surface area contributed by atoms with Gasteiger partial charge in [-0.05, 0) is 30.3 Å². The quantitative estimate of drug-likeness (QED) is 0.868. The van der Waals surface area contributed by atoms with Crippen LogP contribution in [-0.2, 0) is 16.1 Å². The molecule has 0 radical (unpaired) electrons. The van der Waals surface area contributed by atoms with E-state index in [0.29, 0.717) is 49.9 Å². The van der Waals surface area contributed by atoms with Gasteiger partial charge in [0.25, 0.3) is 5.91 Å². The molecule has 1 saturated heterocycles. The van der Waals surface area contributed by atoms with Crippen LogP contribution in [0.2, 0.25) is 0 Å². The van der Waals surface area contributed by atoms with Crippen molar-refractivity contribution in [1.82, 2.24) is 5.32 Å². The molecule has 25 heavy (non-hydrogen) atoms. The number of nitrogens with one attached hydrogen (secondary N) is 2. The van der Waals surface area contributed by atoms with Crippen molar-refractivity contribution in [1.29, 1.82) is 0 Å². The fourth-order valence-corrected chi connectivity index (χ4v) is 2.75. The van der Waals surface area contributed by atoms with E-state index in [4.69, 9.17) is 9.15 Å². The number of carbonyl (C=O) groups is 2. The zero-order chi connectivity index (χ0) is 17.6. The van der Waals surface area contributed by atoms with Gasteiger partial charge in [0.05, 0.1) is 37.3 Å². The van der Waals surface area contributed by atoms with Crippen molar-refractivity contribution in [3.63, 3.8) is 0 Å². The second-order valence-corrected chi connectivity index (χ2v) is 5.77. The smallest absolute Gasteiger partial charge is 0.253 e. The molecule has 2 amide bonds. The van der Waals surface area contributed by atoms with Crippen LogP contribution in [0, 0.1) is 0 Å². The fourth-order valence-electron chi connectivity index (χ4n) is 2.75. The molecule has 0 aliphatic carbocycles. The van der Waals surface area contributed by atoms with E-state index in [1.165, 1.54) is 6.92 Å². The van der Waals surface area contributed by atoms with E-state index in [0.717, 1.165) is 5.69 Å². The Labute approximate surface area is 145 Å². The van der Waals surface area contributed by atoms with Crippen LogP contribution in [0.25, 0.3) is 0 Å². The molecule has 7 heteroatoms. The molecule has 1 fully saturated rings. The van der Waals surface area contributed by atoms with E-state index in [1.807, 2.05) is 12.1 Å². The summed E-state index contributed by atoms with van der Waals surface area (Å²) in [7, 11) is 0. The van der Waals surface area contributed by atoms with Crippen molar-refractivity contribution < 1.29 is 18.7 Å². The molecule has 2 aromatic rings. The lowest BCUT2D eigenvalue weighted by Crippen LogP contribution is -2.38. The molecule has 7 nitrogen and oxygen atoms in total. The van der Waals surface area contributed by atoms with E-state index in [2.05, 4.69) is 15.5 Å². The van der Waals surface area contributed by atoms with Gasteiger partial charge in [-0.3, -0.25) is 9.59 Å². The Morgan fingerprint density at radius 2 is 2.00 bits per heavy atom. The van der Waals surface area contributed by atoms with Crippen LogP contribution in [0.15, 0.2) is 41.0 Å². The first-order chi connectivity index (χ1) is 12.1. The Hall–Kier alpha value is -2.80. The number of morpholine rings is 1. The summed E-state index contributed by atoms with van der Waals surface area (Å²) in [5, 5.41) is 5.62. The molecule has 0 spiro atoms. The summed E-state index contributed by atoms with van der Waals surface area (Å²) < 4.78 is 10.6. The third-order valence-corrected chi connectivity index (χ3v) is 3.92. The number of hydrogen-bond acceptors (Lipinski definition) is 5. The third-order valence-electron chi connectivity index (χ3n) is 3.92. The molecule has 2 N–H and O–H groups in total. The summed E-state index contributed by atoms with van der Waals surface area (Å²) in [6.07, 6.45) is 1.57. The maximum atomic E-state index is 12.6. The highest BCUT2D eigenvalue weighted by atomic mass is 16.5. The van der Waals surface area contributed by atoms with Gasteiger partial charge in [0.1, 0.15) is 5.76 Å². The molecular weight excluding hydrogens is 322 g/mol. The van der Waals surface area contributed by atoms with E-state index in [9.17, 15) is 9.59 Å². The standard InChI is InChI=1S/C18H21N3O4/c1-13(22)20-14-4-5-16(17(11-14)21-6-9-24-10-7-21)18(23)19-12-15-3-2-8-25-15/h2-5,8,11H,6-7,9-10,12H2,1H3,(H,19,23)(H,20,22). The first-order valence-corrected chi connectivity index (χ1v) is 8.18. The van der Waals surface area contributed by atoms with Gasteiger partial charge in [0, 0.05) is 25.7 Å². The fraction of sp³-hybridized carbons (Fsp3) is 0.333. The van der Waals surface area contributed by atoms with Crippen molar-refractivity contribution in [3.05, 3.63) is 47.9 Å². The molecule has 0 unspecified atom stereocenters. The number of ether oxygens (including phenoxy) is 1. The van der Waals surface area contributed by atoms with Gasteiger partial charge in [-0.1, -0.05) is 0 Å². The number of furan rings is 1. The summed E-state index contributed by atoms with van der Waals surface area (Å²) >= 11 is 0. The summed E-state index contributed by atoms with van der Waals surface area (Å²) in [6, 6.07) is 8.88. The van der Waals surface area contributed by atoms with Crippen LogP contribution in [0.1, 0.15) is 23.0 Å². The molecule has 0 saturated carbocycles. The van der Waals surface area contributed by atoms with Gasteiger partial charge in [-0.15, -0.1) is 0 Å². The number of benzene rings is 1. The predicted molar refractivity (Wildman–Crippen MR) is 93.7 cm³/mol. The molecule has 1 aromatic carbocycles. The lowest BCUT2D eigenvalue weighted by Gasteiger charge is -2.30. The maximum absolute atomic E-state index is 12.6. The normalized spacial score (nSPS) is 14.2. The molecule has 1 aromatic heterocycles. The Kier molecular flexibility index (Phi) is 5.35. The molecule has 2 heterocycles. The minimum Gasteiger partial charge on any atom is -0.467 e. The average Bonchev–Trinajstić information content (AvgIpc) is 3.13. The largest absolute Gasteiger partial charge is 0.467 e. The monoisotopic (exact) mass is 343 g/mol. The van der Waals surface area contributed by atoms with Crippen LogP contribution in [0.3, 0.4) is 0 Å². The molecule has 0 atom stereocenters. The van der Waals surface area contributed by atoms with Crippen molar-refractivity contribution >= 4 is 23.2 Å². The van der Waals surface area contributed by atoms with Crippen molar-refractivity contribution in [2.45, 2.75) is 13.5 Å². The molecular formula is C18H21N3O4. The van der Waals surface area contributed by atoms with Crippen LogP contribution in [-0.4, -0.2) is 38.1 Å². The minimum atomic E-state index is -0.188. The SMILES string of the molecule is CC(=O)Nc1ccc(C(=O)NCc2ccco2)c(N2CCOCC2)c1. The maximum Gasteiger partial charge on any atom is 0.253 e.